The molecule has 1 aliphatic carbocycles. The number of pyridine rings is 1. The van der Waals surface area contributed by atoms with Crippen molar-refractivity contribution >= 4 is 51.0 Å². The van der Waals surface area contributed by atoms with Crippen molar-refractivity contribution in [2.75, 3.05) is 42.9 Å². The molecule has 288 valence electrons. The minimum atomic E-state index is -4.65. The zero-order chi connectivity index (χ0) is 38.6. The number of nitrogens with zero attached hydrogens (tertiary/aromatic N) is 7. The van der Waals surface area contributed by atoms with E-state index in [4.69, 9.17) is 5.10 Å². The van der Waals surface area contributed by atoms with E-state index in [2.05, 4.69) is 25.4 Å². The highest BCUT2D eigenvalue weighted by Gasteiger charge is 2.34. The normalized spacial score (nSPS) is 21.3. The second-order valence-electron chi connectivity index (χ2n) is 15.0. The summed E-state index contributed by atoms with van der Waals surface area (Å²) in [5.41, 5.74) is 2.77. The number of alkyl halides is 3. The van der Waals surface area contributed by atoms with Gasteiger partial charge in [-0.1, -0.05) is 12.1 Å². The van der Waals surface area contributed by atoms with Crippen LogP contribution in [0.4, 0.5) is 24.5 Å². The lowest BCUT2D eigenvalue weighted by Gasteiger charge is -2.39. The van der Waals surface area contributed by atoms with Gasteiger partial charge in [-0.3, -0.25) is 38.4 Å². The van der Waals surface area contributed by atoms with Gasteiger partial charge in [0.15, 0.2) is 0 Å². The highest BCUT2D eigenvalue weighted by Crippen LogP contribution is 2.35. The first kappa shape index (κ1) is 36.5. The maximum absolute atomic E-state index is 13.4. The Hall–Kier alpha value is -5.51. The lowest BCUT2D eigenvalue weighted by Crippen LogP contribution is -2.48. The number of para-hydroxylation sites is 1. The molecular formula is C39H42F3N9O4. The van der Waals surface area contributed by atoms with Gasteiger partial charge in [0.2, 0.25) is 11.8 Å². The topological polar surface area (TPSA) is 139 Å². The fourth-order valence-electron chi connectivity index (χ4n) is 8.45. The van der Waals surface area contributed by atoms with Gasteiger partial charge in [0.25, 0.3) is 5.91 Å². The van der Waals surface area contributed by atoms with Crippen molar-refractivity contribution in [2.24, 2.45) is 13.0 Å². The van der Waals surface area contributed by atoms with Crippen LogP contribution in [0.25, 0.3) is 21.9 Å². The molecule has 2 aliphatic heterocycles. The lowest BCUT2D eigenvalue weighted by molar-refractivity contribution is -0.141. The molecule has 8 rings (SSSR count). The average Bonchev–Trinajstić information content (AvgIpc) is 3.69. The van der Waals surface area contributed by atoms with E-state index in [0.29, 0.717) is 23.5 Å². The number of piperazine rings is 1. The van der Waals surface area contributed by atoms with Crippen molar-refractivity contribution < 1.29 is 27.6 Å². The summed E-state index contributed by atoms with van der Waals surface area (Å²) in [5.74, 6) is -0.909. The number of carbonyl (C=O) groups is 3. The Balaban J connectivity index is 0.868. The van der Waals surface area contributed by atoms with Gasteiger partial charge in [-0.05, 0) is 86.9 Å². The first-order valence-electron chi connectivity index (χ1n) is 18.7. The summed E-state index contributed by atoms with van der Waals surface area (Å²) in [7, 11) is 1.73. The molecule has 5 heterocycles. The van der Waals surface area contributed by atoms with Crippen molar-refractivity contribution in [1.82, 2.24) is 34.1 Å². The molecule has 2 saturated heterocycles. The van der Waals surface area contributed by atoms with Crippen LogP contribution in [-0.2, 0) is 22.8 Å². The molecule has 2 aromatic carbocycles. The number of imidazole rings is 1. The Morgan fingerprint density at radius 1 is 0.964 bits per heavy atom. The molecule has 0 bridgehead atoms. The third kappa shape index (κ3) is 7.10. The predicted molar refractivity (Wildman–Crippen MR) is 200 cm³/mol. The van der Waals surface area contributed by atoms with Gasteiger partial charge in [0.05, 0.1) is 28.3 Å². The molecule has 1 saturated carbocycles. The van der Waals surface area contributed by atoms with E-state index in [1.807, 2.05) is 42.1 Å². The molecule has 3 fully saturated rings. The Kier molecular flexibility index (Phi) is 9.47. The first-order chi connectivity index (χ1) is 26.3. The summed E-state index contributed by atoms with van der Waals surface area (Å²) in [5, 5.41) is 10.8. The molecule has 16 heteroatoms. The molecule has 1 atom stereocenters. The Labute approximate surface area is 314 Å². The second kappa shape index (κ2) is 14.3. The molecular weight excluding hydrogens is 715 g/mol. The van der Waals surface area contributed by atoms with Crippen molar-refractivity contribution in [3.63, 3.8) is 0 Å². The van der Waals surface area contributed by atoms with Crippen molar-refractivity contribution in [3.05, 3.63) is 82.2 Å². The minimum absolute atomic E-state index is 0.198. The van der Waals surface area contributed by atoms with E-state index in [-0.39, 0.29) is 29.8 Å². The fourth-order valence-corrected chi connectivity index (χ4v) is 8.45. The minimum Gasteiger partial charge on any atom is -0.367 e. The Morgan fingerprint density at radius 2 is 1.71 bits per heavy atom. The number of carbonyl (C=O) groups excluding carboxylic acids is 3. The first-order valence-corrected chi connectivity index (χ1v) is 18.7. The molecule has 3 aliphatic rings. The second-order valence-corrected chi connectivity index (χ2v) is 15.0. The van der Waals surface area contributed by atoms with E-state index >= 15 is 0 Å². The molecule has 0 unspecified atom stereocenters. The molecule has 0 spiro atoms. The van der Waals surface area contributed by atoms with Crippen molar-refractivity contribution in [3.8, 4) is 0 Å². The number of anilines is 2. The van der Waals surface area contributed by atoms with Crippen LogP contribution in [0.3, 0.4) is 0 Å². The van der Waals surface area contributed by atoms with Crippen LogP contribution in [0.1, 0.15) is 72.4 Å². The smallest absolute Gasteiger partial charge is 0.367 e. The molecule has 5 aromatic rings. The summed E-state index contributed by atoms with van der Waals surface area (Å²) in [6.07, 6.45) is 1.94. The van der Waals surface area contributed by atoms with E-state index in [1.54, 1.807) is 17.7 Å². The summed E-state index contributed by atoms with van der Waals surface area (Å²) >= 11 is 0. The zero-order valence-corrected chi connectivity index (χ0v) is 30.6. The maximum atomic E-state index is 13.4. The molecule has 2 N–H and O–H groups in total. The number of aryl methyl sites for hydroxylation is 2. The van der Waals surface area contributed by atoms with Crippen LogP contribution in [-0.4, -0.2) is 79.2 Å². The summed E-state index contributed by atoms with van der Waals surface area (Å²) in [6, 6.07) is 12.3. The van der Waals surface area contributed by atoms with E-state index in [0.717, 1.165) is 92.1 Å². The van der Waals surface area contributed by atoms with Crippen LogP contribution in [0.5, 0.6) is 0 Å². The fraction of sp³-hybridized carbons (Fsp3) is 0.436. The summed E-state index contributed by atoms with van der Waals surface area (Å²) < 4.78 is 44.6. The number of hydrogen-bond acceptors (Lipinski definition) is 8. The zero-order valence-electron chi connectivity index (χ0n) is 30.6. The third-order valence-corrected chi connectivity index (χ3v) is 11.4. The molecule has 13 nitrogen and oxygen atoms in total. The number of benzene rings is 2. The van der Waals surface area contributed by atoms with Gasteiger partial charge in [-0.2, -0.15) is 18.3 Å². The van der Waals surface area contributed by atoms with Gasteiger partial charge in [-0.15, -0.1) is 0 Å². The number of nitrogens with one attached hydrogen (secondary N) is 2. The highest BCUT2D eigenvalue weighted by molar-refractivity contribution is 6.04. The van der Waals surface area contributed by atoms with Gasteiger partial charge in [-0.25, -0.2) is 9.78 Å². The predicted octanol–water partition coefficient (Wildman–Crippen LogP) is 5.20. The van der Waals surface area contributed by atoms with Crippen LogP contribution < -0.4 is 21.2 Å². The van der Waals surface area contributed by atoms with Crippen molar-refractivity contribution in [1.29, 1.82) is 0 Å². The third-order valence-electron chi connectivity index (χ3n) is 11.4. The van der Waals surface area contributed by atoms with Crippen LogP contribution in [0.2, 0.25) is 0 Å². The number of amides is 3. The number of imide groups is 1. The monoisotopic (exact) mass is 757 g/mol. The standard InChI is InChI=1S/C39H42F3N9O4/c1-23-19-29-25(20-28(23)44-36(53)27-5-3-8-33(43-27)39(40,41)42)22-50(46-29)26-11-9-24(10-12-26)21-48-15-17-49(18-16-48)30-6-4-7-31-35(30)47(2)38(55)51(31)32-13-14-34(52)45-37(32)54/h3-8,19-20,22,24,26,32H,9-18,21H2,1-2H3,(H,44,53)(H,45,52,54)/t24-,26-,32-/m1/s1. The number of aromatic nitrogens is 5. The molecule has 0 radical (unpaired) electrons. The Morgan fingerprint density at radius 3 is 2.44 bits per heavy atom. The SMILES string of the molecule is Cc1cc2nn([C@H]3CC[C@H](CN4CCN(c5cccc6c5n(C)c(=O)n6[C@@H]5CCC(=O)NC5=O)CC4)CC3)cc2cc1NC(=O)c1cccc(C(F)(F)F)n1. The summed E-state index contributed by atoms with van der Waals surface area (Å²) in [4.78, 5) is 59.0. The van der Waals surface area contributed by atoms with Gasteiger partial charge in [0.1, 0.15) is 17.4 Å². The number of halogens is 3. The van der Waals surface area contributed by atoms with Gasteiger partial charge in [0, 0.05) is 63.5 Å². The average molecular weight is 758 g/mol. The molecule has 3 amide bonds. The van der Waals surface area contributed by atoms with Crippen LogP contribution in [0.15, 0.2) is 59.5 Å². The van der Waals surface area contributed by atoms with E-state index < -0.39 is 29.7 Å². The van der Waals surface area contributed by atoms with Crippen LogP contribution >= 0.6 is 0 Å². The van der Waals surface area contributed by atoms with Gasteiger partial charge >= 0.3 is 11.9 Å². The number of fused-ring (bicyclic) bond motifs is 2. The highest BCUT2D eigenvalue weighted by atomic mass is 19.4. The molecule has 55 heavy (non-hydrogen) atoms. The largest absolute Gasteiger partial charge is 0.433 e. The summed E-state index contributed by atoms with van der Waals surface area (Å²) in [6.45, 7) is 6.24. The van der Waals surface area contributed by atoms with E-state index in [9.17, 15) is 32.3 Å². The lowest BCUT2D eigenvalue weighted by atomic mass is 9.85. The number of piperidine rings is 1. The molecule has 3 aromatic heterocycles. The van der Waals surface area contributed by atoms with Crippen molar-refractivity contribution in [2.45, 2.75) is 63.7 Å². The number of rotatable bonds is 7. The van der Waals surface area contributed by atoms with Crippen LogP contribution in [0, 0.1) is 12.8 Å². The number of hydrogen-bond donors (Lipinski definition) is 2. The quantitative estimate of drug-likeness (QED) is 0.216. The van der Waals surface area contributed by atoms with Gasteiger partial charge < -0.3 is 10.2 Å². The van der Waals surface area contributed by atoms with E-state index in [1.165, 1.54) is 16.7 Å². The maximum Gasteiger partial charge on any atom is 0.433 e. The Bertz CT molecular complexity index is 2370.